The second-order valence-electron chi connectivity index (χ2n) is 6.69. The van der Waals surface area contributed by atoms with E-state index in [1.165, 1.54) is 0 Å². The molecular weight excluding hydrogens is 364 g/mol. The fraction of sp³-hybridized carbons (Fsp3) is 0.350. The lowest BCUT2D eigenvalue weighted by Crippen LogP contribution is -2.35. The van der Waals surface area contributed by atoms with E-state index in [0.717, 1.165) is 24.8 Å². The Balaban J connectivity index is 1.57. The molecule has 7 heteroatoms. The van der Waals surface area contributed by atoms with Gasteiger partial charge in [-0.15, -0.1) is 0 Å². The third-order valence-corrected chi connectivity index (χ3v) is 6.62. The van der Waals surface area contributed by atoms with Crippen LogP contribution in [0.1, 0.15) is 30.4 Å². The number of rotatable bonds is 6. The largest absolute Gasteiger partial charge is 0.508 e. The standard InChI is InChI=1S/C20H24N2O4S/c23-19-7-3-2-6-17(19)14-20(24)21-15-16-8-10-18(11-9-16)27(25,26)22-12-4-1-5-13-22/h2-3,6-11,23H,1,4-5,12-15H2,(H,21,24). The highest BCUT2D eigenvalue weighted by molar-refractivity contribution is 7.89. The van der Waals surface area contributed by atoms with Crippen molar-refractivity contribution in [2.24, 2.45) is 0 Å². The van der Waals surface area contributed by atoms with Crippen LogP contribution in [0.5, 0.6) is 5.75 Å². The first-order chi connectivity index (χ1) is 13.0. The van der Waals surface area contributed by atoms with Crippen LogP contribution in [-0.4, -0.2) is 36.8 Å². The molecule has 0 bridgehead atoms. The topological polar surface area (TPSA) is 86.7 Å². The van der Waals surface area contributed by atoms with Crippen molar-refractivity contribution in [3.05, 3.63) is 59.7 Å². The highest BCUT2D eigenvalue weighted by atomic mass is 32.2. The second-order valence-corrected chi connectivity index (χ2v) is 8.63. The number of phenols is 1. The number of carbonyl (C=O) groups excluding carboxylic acids is 1. The number of para-hydroxylation sites is 1. The fourth-order valence-electron chi connectivity index (χ4n) is 3.13. The SMILES string of the molecule is O=C(Cc1ccccc1O)NCc1ccc(S(=O)(=O)N2CCCCC2)cc1. The highest BCUT2D eigenvalue weighted by Gasteiger charge is 2.25. The van der Waals surface area contributed by atoms with E-state index in [1.807, 2.05) is 0 Å². The Hall–Kier alpha value is -2.38. The van der Waals surface area contributed by atoms with Crippen LogP contribution >= 0.6 is 0 Å². The van der Waals surface area contributed by atoms with Crippen molar-refractivity contribution < 1.29 is 18.3 Å². The lowest BCUT2D eigenvalue weighted by atomic mass is 10.1. The van der Waals surface area contributed by atoms with Gasteiger partial charge in [0.2, 0.25) is 15.9 Å². The molecule has 2 N–H and O–H groups in total. The van der Waals surface area contributed by atoms with E-state index in [0.29, 0.717) is 25.2 Å². The highest BCUT2D eigenvalue weighted by Crippen LogP contribution is 2.21. The summed E-state index contributed by atoms with van der Waals surface area (Å²) in [5.41, 5.74) is 1.39. The van der Waals surface area contributed by atoms with E-state index in [1.54, 1.807) is 52.8 Å². The molecule has 0 unspecified atom stereocenters. The lowest BCUT2D eigenvalue weighted by molar-refractivity contribution is -0.120. The van der Waals surface area contributed by atoms with E-state index in [2.05, 4.69) is 5.32 Å². The third kappa shape index (κ3) is 4.87. The van der Waals surface area contributed by atoms with Crippen LogP contribution in [-0.2, 0) is 27.8 Å². The summed E-state index contributed by atoms with van der Waals surface area (Å²) in [7, 11) is -3.44. The molecule has 0 radical (unpaired) electrons. The maximum absolute atomic E-state index is 12.6. The van der Waals surface area contributed by atoms with Gasteiger partial charge in [0.1, 0.15) is 5.75 Å². The number of carbonyl (C=O) groups is 1. The summed E-state index contributed by atoms with van der Waals surface area (Å²) >= 11 is 0. The van der Waals surface area contributed by atoms with Crippen molar-refractivity contribution in [2.75, 3.05) is 13.1 Å². The minimum atomic E-state index is -3.44. The predicted molar refractivity (Wildman–Crippen MR) is 103 cm³/mol. The van der Waals surface area contributed by atoms with Crippen molar-refractivity contribution in [1.82, 2.24) is 9.62 Å². The summed E-state index contributed by atoms with van der Waals surface area (Å²) in [5, 5.41) is 12.5. The molecule has 1 saturated heterocycles. The first-order valence-electron chi connectivity index (χ1n) is 9.09. The number of piperidine rings is 1. The van der Waals surface area contributed by atoms with Crippen LogP contribution in [0.25, 0.3) is 0 Å². The quantitative estimate of drug-likeness (QED) is 0.796. The zero-order valence-corrected chi connectivity index (χ0v) is 15.9. The zero-order valence-electron chi connectivity index (χ0n) is 15.1. The molecule has 1 amide bonds. The van der Waals surface area contributed by atoms with Crippen LogP contribution in [0.3, 0.4) is 0 Å². The molecule has 144 valence electrons. The molecule has 3 rings (SSSR count). The molecule has 1 fully saturated rings. The molecule has 27 heavy (non-hydrogen) atoms. The number of hydrogen-bond acceptors (Lipinski definition) is 4. The maximum atomic E-state index is 12.6. The molecule has 2 aromatic carbocycles. The Morgan fingerprint density at radius 1 is 1.00 bits per heavy atom. The number of nitrogens with one attached hydrogen (secondary N) is 1. The first-order valence-corrected chi connectivity index (χ1v) is 10.5. The summed E-state index contributed by atoms with van der Waals surface area (Å²) in [6, 6.07) is 13.3. The van der Waals surface area contributed by atoms with Crippen molar-refractivity contribution in [3.8, 4) is 5.75 Å². The molecular formula is C20H24N2O4S. The molecule has 6 nitrogen and oxygen atoms in total. The minimum Gasteiger partial charge on any atom is -0.508 e. The van der Waals surface area contributed by atoms with Crippen LogP contribution in [0, 0.1) is 0 Å². The number of nitrogens with zero attached hydrogens (tertiary/aromatic N) is 1. The first kappa shape index (κ1) is 19.4. The summed E-state index contributed by atoms with van der Waals surface area (Å²) in [4.78, 5) is 12.3. The number of phenolic OH excluding ortho intramolecular Hbond substituents is 1. The molecule has 1 aliphatic rings. The van der Waals surface area contributed by atoms with Crippen LogP contribution < -0.4 is 5.32 Å². The van der Waals surface area contributed by atoms with Crippen LogP contribution in [0.2, 0.25) is 0 Å². The predicted octanol–water partition coefficient (Wildman–Crippen LogP) is 2.43. The number of hydrogen-bond donors (Lipinski definition) is 2. The summed E-state index contributed by atoms with van der Waals surface area (Å²) < 4.78 is 26.8. The van der Waals surface area contributed by atoms with Gasteiger partial charge in [0.15, 0.2) is 0 Å². The number of benzene rings is 2. The third-order valence-electron chi connectivity index (χ3n) is 4.71. The van der Waals surface area contributed by atoms with E-state index in [-0.39, 0.29) is 23.0 Å². The Labute approximate surface area is 159 Å². The van der Waals surface area contributed by atoms with Crippen molar-refractivity contribution >= 4 is 15.9 Å². The molecule has 1 heterocycles. The lowest BCUT2D eigenvalue weighted by Gasteiger charge is -2.25. The average molecular weight is 388 g/mol. The fourth-order valence-corrected chi connectivity index (χ4v) is 4.65. The minimum absolute atomic E-state index is 0.0914. The van der Waals surface area contributed by atoms with Gasteiger partial charge in [-0.05, 0) is 36.6 Å². The zero-order chi connectivity index (χ0) is 19.3. The Morgan fingerprint density at radius 2 is 1.67 bits per heavy atom. The van der Waals surface area contributed by atoms with E-state index < -0.39 is 10.0 Å². The van der Waals surface area contributed by atoms with Crippen LogP contribution in [0.15, 0.2) is 53.4 Å². The second kappa shape index (κ2) is 8.54. The van der Waals surface area contributed by atoms with Gasteiger partial charge in [-0.25, -0.2) is 8.42 Å². The molecule has 0 saturated carbocycles. The number of sulfonamides is 1. The Morgan fingerprint density at radius 3 is 2.33 bits per heavy atom. The van der Waals surface area contributed by atoms with Gasteiger partial charge >= 0.3 is 0 Å². The van der Waals surface area contributed by atoms with Gasteiger partial charge in [-0.1, -0.05) is 36.8 Å². The van der Waals surface area contributed by atoms with E-state index in [4.69, 9.17) is 0 Å². The van der Waals surface area contributed by atoms with Crippen molar-refractivity contribution in [3.63, 3.8) is 0 Å². The summed E-state index contributed by atoms with van der Waals surface area (Å²) in [6.45, 7) is 1.45. The molecule has 2 aromatic rings. The number of aromatic hydroxyl groups is 1. The van der Waals surface area contributed by atoms with Gasteiger partial charge < -0.3 is 10.4 Å². The monoisotopic (exact) mass is 388 g/mol. The smallest absolute Gasteiger partial charge is 0.243 e. The molecule has 0 aliphatic carbocycles. The van der Waals surface area contributed by atoms with Gasteiger partial charge in [0.25, 0.3) is 0 Å². The number of amides is 1. The molecule has 1 aliphatic heterocycles. The normalized spacial score (nSPS) is 15.4. The summed E-state index contributed by atoms with van der Waals surface area (Å²) in [5.74, 6) is -0.110. The van der Waals surface area contributed by atoms with Crippen molar-refractivity contribution in [1.29, 1.82) is 0 Å². The van der Waals surface area contributed by atoms with Gasteiger partial charge in [0.05, 0.1) is 11.3 Å². The Bertz CT molecular complexity index is 888. The van der Waals surface area contributed by atoms with E-state index >= 15 is 0 Å². The van der Waals surface area contributed by atoms with Gasteiger partial charge in [0, 0.05) is 25.2 Å². The molecule has 0 spiro atoms. The van der Waals surface area contributed by atoms with Crippen molar-refractivity contribution in [2.45, 2.75) is 37.1 Å². The average Bonchev–Trinajstić information content (AvgIpc) is 2.69. The van der Waals surface area contributed by atoms with E-state index in [9.17, 15) is 18.3 Å². The Kier molecular flexibility index (Phi) is 6.13. The molecule has 0 atom stereocenters. The molecule has 0 aromatic heterocycles. The summed E-state index contributed by atoms with van der Waals surface area (Å²) in [6.07, 6.45) is 2.97. The van der Waals surface area contributed by atoms with Gasteiger partial charge in [-0.3, -0.25) is 4.79 Å². The van der Waals surface area contributed by atoms with Crippen LogP contribution in [0.4, 0.5) is 0 Å². The maximum Gasteiger partial charge on any atom is 0.243 e. The van der Waals surface area contributed by atoms with Gasteiger partial charge in [-0.2, -0.15) is 4.31 Å².